The summed E-state index contributed by atoms with van der Waals surface area (Å²) in [6.45, 7) is 8.92. The summed E-state index contributed by atoms with van der Waals surface area (Å²) in [5.74, 6) is 0.480. The summed E-state index contributed by atoms with van der Waals surface area (Å²) in [7, 11) is 2.16. The molecule has 0 saturated heterocycles. The van der Waals surface area contributed by atoms with Gasteiger partial charge in [0.15, 0.2) is 0 Å². The highest BCUT2D eigenvalue weighted by Gasteiger charge is 2.34. The Morgan fingerprint density at radius 2 is 1.96 bits per heavy atom. The van der Waals surface area contributed by atoms with Gasteiger partial charge in [-0.05, 0) is 74.1 Å². The first-order chi connectivity index (χ1) is 12.8. The number of amides is 2. The second kappa shape index (κ2) is 7.43. The number of aryl methyl sites for hydroxylation is 1. The predicted molar refractivity (Wildman–Crippen MR) is 113 cm³/mol. The van der Waals surface area contributed by atoms with Crippen molar-refractivity contribution < 1.29 is 4.79 Å². The minimum Gasteiger partial charge on any atom is -0.369 e. The van der Waals surface area contributed by atoms with E-state index < -0.39 is 0 Å². The lowest BCUT2D eigenvalue weighted by atomic mass is 9.79. The molecule has 0 saturated carbocycles. The summed E-state index contributed by atoms with van der Waals surface area (Å²) in [6.07, 6.45) is 2.82. The van der Waals surface area contributed by atoms with Gasteiger partial charge in [-0.25, -0.2) is 10.2 Å². The molecule has 142 valence electrons. The maximum absolute atomic E-state index is 11.9. The van der Waals surface area contributed by atoms with Crippen molar-refractivity contribution in [2.45, 2.75) is 45.6 Å². The molecule has 5 nitrogen and oxygen atoms in total. The summed E-state index contributed by atoms with van der Waals surface area (Å²) >= 11 is 0. The topological polar surface area (TPSA) is 56.7 Å². The van der Waals surface area contributed by atoms with Gasteiger partial charge in [-0.3, -0.25) is 0 Å². The van der Waals surface area contributed by atoms with Crippen LogP contribution in [0, 0.1) is 6.92 Å². The highest BCUT2D eigenvalue weighted by Crippen LogP contribution is 2.43. The minimum atomic E-state index is -0.358. The molecule has 1 heterocycles. The first-order valence-corrected chi connectivity index (χ1v) is 9.31. The molecule has 27 heavy (non-hydrogen) atoms. The Morgan fingerprint density at radius 1 is 1.26 bits per heavy atom. The van der Waals surface area contributed by atoms with Gasteiger partial charge in [0.05, 0.1) is 6.21 Å². The molecule has 3 rings (SSSR count). The average molecular weight is 364 g/mol. The third kappa shape index (κ3) is 4.13. The summed E-state index contributed by atoms with van der Waals surface area (Å²) in [6, 6.07) is 13.4. The fourth-order valence-electron chi connectivity index (χ4n) is 3.71. The summed E-state index contributed by atoms with van der Waals surface area (Å²) in [5, 5.41) is 6.86. The number of fused-ring (bicyclic) bond motifs is 1. The van der Waals surface area contributed by atoms with Crippen LogP contribution in [0.1, 0.15) is 49.8 Å². The Hall–Kier alpha value is -2.82. The number of nitrogens with zero attached hydrogens (tertiary/aromatic N) is 2. The van der Waals surface area contributed by atoms with Crippen molar-refractivity contribution in [1.29, 1.82) is 0 Å². The van der Waals surface area contributed by atoms with Gasteiger partial charge in [0.1, 0.15) is 0 Å². The van der Waals surface area contributed by atoms with Gasteiger partial charge in [-0.2, -0.15) is 5.10 Å². The van der Waals surface area contributed by atoms with E-state index in [9.17, 15) is 4.79 Å². The largest absolute Gasteiger partial charge is 0.369 e. The monoisotopic (exact) mass is 364 g/mol. The van der Waals surface area contributed by atoms with Gasteiger partial charge in [0.25, 0.3) is 0 Å². The van der Waals surface area contributed by atoms with Gasteiger partial charge in [0, 0.05) is 24.0 Å². The number of hydrazone groups is 1. The zero-order chi connectivity index (χ0) is 19.6. The van der Waals surface area contributed by atoms with Crippen LogP contribution in [0.15, 0.2) is 47.6 Å². The van der Waals surface area contributed by atoms with Crippen LogP contribution in [0.5, 0.6) is 0 Å². The fraction of sp³-hybridized carbons (Fsp3) is 0.364. The summed E-state index contributed by atoms with van der Waals surface area (Å²) < 4.78 is 0. The number of benzene rings is 2. The van der Waals surface area contributed by atoms with Crippen LogP contribution in [0.2, 0.25) is 0 Å². The number of carbonyl (C=O) groups excluding carboxylic acids is 1. The molecule has 2 aromatic carbocycles. The molecule has 0 unspecified atom stereocenters. The molecule has 0 radical (unpaired) electrons. The molecule has 0 bridgehead atoms. The Kier molecular flexibility index (Phi) is 5.22. The van der Waals surface area contributed by atoms with Crippen molar-refractivity contribution in [3.8, 4) is 0 Å². The molecular weight excluding hydrogens is 336 g/mol. The molecule has 1 aliphatic heterocycles. The minimum absolute atomic E-state index is 0.144. The SMILES string of the molecule is Cc1cc2c(cc1/C=N/NC(=O)Nc1ccccc1)[C@@H](C)CC(C)(C)N2C. The Balaban J connectivity index is 1.73. The number of hydrogen-bond acceptors (Lipinski definition) is 3. The van der Waals surface area contributed by atoms with Crippen LogP contribution in [-0.2, 0) is 0 Å². The van der Waals surface area contributed by atoms with E-state index in [0.717, 1.165) is 23.2 Å². The fourth-order valence-corrected chi connectivity index (χ4v) is 3.71. The number of hydrogen-bond donors (Lipinski definition) is 2. The summed E-state index contributed by atoms with van der Waals surface area (Å²) in [4.78, 5) is 14.3. The number of anilines is 2. The highest BCUT2D eigenvalue weighted by atomic mass is 16.2. The predicted octanol–water partition coefficient (Wildman–Crippen LogP) is 4.87. The molecule has 1 aliphatic rings. The molecule has 2 N–H and O–H groups in total. The van der Waals surface area contributed by atoms with Gasteiger partial charge in [0.2, 0.25) is 0 Å². The van der Waals surface area contributed by atoms with Crippen LogP contribution in [0.3, 0.4) is 0 Å². The van der Waals surface area contributed by atoms with Gasteiger partial charge in [-0.1, -0.05) is 25.1 Å². The normalized spacial score (nSPS) is 18.3. The van der Waals surface area contributed by atoms with Crippen molar-refractivity contribution >= 4 is 23.6 Å². The first-order valence-electron chi connectivity index (χ1n) is 9.31. The highest BCUT2D eigenvalue weighted by molar-refractivity contribution is 5.90. The van der Waals surface area contributed by atoms with Crippen LogP contribution < -0.4 is 15.6 Å². The van der Waals surface area contributed by atoms with E-state index in [4.69, 9.17) is 0 Å². The maximum Gasteiger partial charge on any atom is 0.339 e. The van der Waals surface area contributed by atoms with Crippen molar-refractivity contribution in [3.05, 3.63) is 59.2 Å². The molecule has 0 fully saturated rings. The van der Waals surface area contributed by atoms with E-state index in [2.05, 4.69) is 67.6 Å². The third-order valence-electron chi connectivity index (χ3n) is 5.42. The first kappa shape index (κ1) is 19.0. The van der Waals surface area contributed by atoms with Crippen LogP contribution in [-0.4, -0.2) is 24.8 Å². The lowest BCUT2D eigenvalue weighted by Crippen LogP contribution is -2.45. The Morgan fingerprint density at radius 3 is 2.67 bits per heavy atom. The number of carbonyl (C=O) groups is 1. The van der Waals surface area contributed by atoms with Crippen LogP contribution >= 0.6 is 0 Å². The second-order valence-electron chi connectivity index (χ2n) is 7.93. The van der Waals surface area contributed by atoms with Crippen molar-refractivity contribution in [2.24, 2.45) is 5.10 Å². The molecule has 2 amide bonds. The van der Waals surface area contributed by atoms with Gasteiger partial charge < -0.3 is 10.2 Å². The molecular formula is C22H28N4O. The second-order valence-corrected chi connectivity index (χ2v) is 7.93. The lowest BCUT2D eigenvalue weighted by Gasteiger charge is -2.45. The number of urea groups is 1. The van der Waals surface area contributed by atoms with Crippen LogP contribution in [0.4, 0.5) is 16.2 Å². The Labute approximate surface area is 161 Å². The van der Waals surface area contributed by atoms with Crippen molar-refractivity contribution in [3.63, 3.8) is 0 Å². The quantitative estimate of drug-likeness (QED) is 0.603. The molecule has 0 aliphatic carbocycles. The smallest absolute Gasteiger partial charge is 0.339 e. The van der Waals surface area contributed by atoms with Gasteiger partial charge >= 0.3 is 6.03 Å². The van der Waals surface area contributed by atoms with E-state index >= 15 is 0 Å². The van der Waals surface area contributed by atoms with E-state index in [1.807, 2.05) is 30.3 Å². The van der Waals surface area contributed by atoms with Gasteiger partial charge in [-0.15, -0.1) is 0 Å². The average Bonchev–Trinajstić information content (AvgIpc) is 2.61. The molecule has 0 spiro atoms. The number of para-hydroxylation sites is 1. The molecule has 1 atom stereocenters. The van der Waals surface area contributed by atoms with E-state index in [-0.39, 0.29) is 11.6 Å². The number of rotatable bonds is 3. The van der Waals surface area contributed by atoms with Crippen molar-refractivity contribution in [2.75, 3.05) is 17.3 Å². The lowest BCUT2D eigenvalue weighted by molar-refractivity contribution is 0.252. The van der Waals surface area contributed by atoms with E-state index in [1.54, 1.807) is 6.21 Å². The molecule has 5 heteroatoms. The van der Waals surface area contributed by atoms with E-state index in [0.29, 0.717) is 5.92 Å². The third-order valence-corrected chi connectivity index (χ3v) is 5.42. The maximum atomic E-state index is 11.9. The molecule has 2 aromatic rings. The van der Waals surface area contributed by atoms with E-state index in [1.165, 1.54) is 11.3 Å². The zero-order valence-electron chi connectivity index (χ0n) is 16.7. The van der Waals surface area contributed by atoms with Crippen molar-refractivity contribution in [1.82, 2.24) is 5.43 Å². The standard InChI is InChI=1S/C22H28N4O/c1-15-11-20-19(16(2)13-22(3,4)26(20)5)12-17(15)14-23-25-21(27)24-18-9-7-6-8-10-18/h6-12,14,16H,13H2,1-5H3,(H2,24,25,27)/b23-14+/t16-/m0/s1. The van der Waals surface area contributed by atoms with Crippen LogP contribution in [0.25, 0.3) is 0 Å². The zero-order valence-corrected chi connectivity index (χ0v) is 16.7. The Bertz CT molecular complexity index is 858. The molecule has 0 aromatic heterocycles. The number of nitrogens with one attached hydrogen (secondary N) is 2. The summed E-state index contributed by atoms with van der Waals surface area (Å²) in [5.41, 5.74) is 8.18.